The van der Waals surface area contributed by atoms with Crippen LogP contribution in [0.15, 0.2) is 54.6 Å². The molecule has 136 valence electrons. The summed E-state index contributed by atoms with van der Waals surface area (Å²) in [4.78, 5) is 0.847. The van der Waals surface area contributed by atoms with E-state index in [1.165, 1.54) is 23.5 Å². The molecule has 0 N–H and O–H groups in total. The summed E-state index contributed by atoms with van der Waals surface area (Å²) in [6.45, 7) is 0. The molecule has 0 aliphatic carbocycles. The van der Waals surface area contributed by atoms with Crippen LogP contribution in [0.4, 0.5) is 17.6 Å². The molecule has 0 fully saturated rings. The number of rotatable bonds is 3. The zero-order valence-electron chi connectivity index (χ0n) is 14.0. The molecule has 3 aromatic carbocycles. The monoisotopic (exact) mass is 388 g/mol. The summed E-state index contributed by atoms with van der Waals surface area (Å²) in [5.74, 6) is -4.19. The van der Waals surface area contributed by atoms with Crippen molar-refractivity contribution in [3.63, 3.8) is 0 Å². The van der Waals surface area contributed by atoms with Crippen LogP contribution in [0.25, 0.3) is 31.7 Å². The van der Waals surface area contributed by atoms with Gasteiger partial charge in [-0.15, -0.1) is 11.3 Å². The summed E-state index contributed by atoms with van der Waals surface area (Å²) in [6, 6.07) is 13.6. The summed E-state index contributed by atoms with van der Waals surface area (Å²) >= 11 is 1.48. The Morgan fingerprint density at radius 2 is 1.44 bits per heavy atom. The minimum absolute atomic E-state index is 0.000620. The van der Waals surface area contributed by atoms with Gasteiger partial charge in [0.25, 0.3) is 0 Å². The van der Waals surface area contributed by atoms with Crippen molar-refractivity contribution in [2.24, 2.45) is 0 Å². The number of fused-ring (bicyclic) bond motifs is 1. The Morgan fingerprint density at radius 3 is 2.11 bits per heavy atom. The fraction of sp³-hybridized carbons (Fsp3) is 0.0476. The second kappa shape index (κ2) is 6.70. The van der Waals surface area contributed by atoms with Gasteiger partial charge in [-0.2, -0.15) is 0 Å². The van der Waals surface area contributed by atoms with Crippen LogP contribution in [0.1, 0.15) is 0 Å². The molecule has 6 heteroatoms. The van der Waals surface area contributed by atoms with Crippen molar-refractivity contribution >= 4 is 21.4 Å². The normalized spacial score (nSPS) is 11.1. The van der Waals surface area contributed by atoms with Gasteiger partial charge in [-0.1, -0.05) is 12.1 Å². The summed E-state index contributed by atoms with van der Waals surface area (Å²) < 4.78 is 60.8. The molecular weight excluding hydrogens is 376 g/mol. The molecule has 27 heavy (non-hydrogen) atoms. The Morgan fingerprint density at radius 1 is 0.741 bits per heavy atom. The molecule has 0 spiro atoms. The molecule has 0 aliphatic heterocycles. The molecule has 0 saturated carbocycles. The largest absolute Gasteiger partial charge is 0.497 e. The van der Waals surface area contributed by atoms with Gasteiger partial charge in [0.15, 0.2) is 17.5 Å². The average molecular weight is 388 g/mol. The second-order valence-corrected chi connectivity index (χ2v) is 7.05. The van der Waals surface area contributed by atoms with Gasteiger partial charge in [-0.05, 0) is 59.0 Å². The third-order valence-electron chi connectivity index (χ3n) is 4.28. The summed E-state index contributed by atoms with van der Waals surface area (Å²) in [5, 5.41) is 1.00. The SMILES string of the molecule is COc1ccc2cc(-c3ccc(-c4cc(F)c(F)c(F)c4)c(F)c3)sc2c1. The minimum atomic E-state index is -1.57. The van der Waals surface area contributed by atoms with E-state index in [4.69, 9.17) is 4.74 Å². The van der Waals surface area contributed by atoms with E-state index in [9.17, 15) is 17.6 Å². The zero-order valence-corrected chi connectivity index (χ0v) is 14.8. The highest BCUT2D eigenvalue weighted by molar-refractivity contribution is 7.22. The fourth-order valence-electron chi connectivity index (χ4n) is 2.89. The van der Waals surface area contributed by atoms with E-state index >= 15 is 0 Å². The molecule has 4 aromatic rings. The first-order valence-corrected chi connectivity index (χ1v) is 8.80. The van der Waals surface area contributed by atoms with E-state index in [1.54, 1.807) is 13.2 Å². The third-order valence-corrected chi connectivity index (χ3v) is 5.42. The number of halogens is 4. The Hall–Kier alpha value is -2.86. The molecule has 0 saturated heterocycles. The molecule has 0 amide bonds. The van der Waals surface area contributed by atoms with Gasteiger partial charge in [-0.3, -0.25) is 0 Å². The van der Waals surface area contributed by atoms with Crippen molar-refractivity contribution in [2.45, 2.75) is 0 Å². The predicted molar refractivity (Wildman–Crippen MR) is 99.1 cm³/mol. The van der Waals surface area contributed by atoms with Crippen molar-refractivity contribution in [3.8, 4) is 27.3 Å². The Bertz CT molecular complexity index is 1140. The van der Waals surface area contributed by atoms with Crippen molar-refractivity contribution in [1.82, 2.24) is 0 Å². The van der Waals surface area contributed by atoms with E-state index in [2.05, 4.69) is 0 Å². The molecule has 0 atom stereocenters. The van der Waals surface area contributed by atoms with Gasteiger partial charge in [0.05, 0.1) is 7.11 Å². The van der Waals surface area contributed by atoms with Gasteiger partial charge in [0, 0.05) is 15.1 Å². The van der Waals surface area contributed by atoms with Crippen molar-refractivity contribution in [1.29, 1.82) is 0 Å². The summed E-state index contributed by atoms with van der Waals surface area (Å²) in [6.07, 6.45) is 0. The van der Waals surface area contributed by atoms with E-state index in [0.29, 0.717) is 5.56 Å². The topological polar surface area (TPSA) is 9.23 Å². The van der Waals surface area contributed by atoms with E-state index in [1.807, 2.05) is 24.3 Å². The van der Waals surface area contributed by atoms with Crippen molar-refractivity contribution < 1.29 is 22.3 Å². The van der Waals surface area contributed by atoms with Crippen LogP contribution in [0.3, 0.4) is 0 Å². The number of thiophene rings is 1. The molecule has 0 radical (unpaired) electrons. The molecule has 1 heterocycles. The maximum atomic E-state index is 14.6. The highest BCUT2D eigenvalue weighted by Crippen LogP contribution is 2.37. The van der Waals surface area contributed by atoms with E-state index in [0.717, 1.165) is 32.8 Å². The fourth-order valence-corrected chi connectivity index (χ4v) is 3.98. The lowest BCUT2D eigenvalue weighted by molar-refractivity contribution is 0.415. The first kappa shape index (κ1) is 17.5. The van der Waals surface area contributed by atoms with Crippen molar-refractivity contribution in [2.75, 3.05) is 7.11 Å². The molecule has 0 unspecified atom stereocenters. The Balaban J connectivity index is 1.76. The minimum Gasteiger partial charge on any atom is -0.497 e. The lowest BCUT2D eigenvalue weighted by atomic mass is 10.0. The van der Waals surface area contributed by atoms with Gasteiger partial charge in [0.2, 0.25) is 0 Å². The summed E-state index contributed by atoms with van der Waals surface area (Å²) in [7, 11) is 1.59. The van der Waals surface area contributed by atoms with E-state index in [-0.39, 0.29) is 11.1 Å². The van der Waals surface area contributed by atoms with E-state index < -0.39 is 23.3 Å². The van der Waals surface area contributed by atoms with Crippen LogP contribution in [-0.4, -0.2) is 7.11 Å². The third kappa shape index (κ3) is 3.17. The highest BCUT2D eigenvalue weighted by Gasteiger charge is 2.15. The Labute approximate surface area is 156 Å². The maximum absolute atomic E-state index is 14.6. The molecule has 1 aromatic heterocycles. The van der Waals surface area contributed by atoms with Gasteiger partial charge < -0.3 is 4.74 Å². The number of hydrogen-bond acceptors (Lipinski definition) is 2. The smallest absolute Gasteiger partial charge is 0.194 e. The molecule has 4 rings (SSSR count). The highest BCUT2D eigenvalue weighted by atomic mass is 32.1. The molecule has 0 bridgehead atoms. The quantitative estimate of drug-likeness (QED) is 0.277. The number of hydrogen-bond donors (Lipinski definition) is 0. The van der Waals surface area contributed by atoms with Crippen LogP contribution >= 0.6 is 11.3 Å². The van der Waals surface area contributed by atoms with Gasteiger partial charge in [0.1, 0.15) is 11.6 Å². The Kier molecular flexibility index (Phi) is 4.36. The number of benzene rings is 3. The van der Waals surface area contributed by atoms with Crippen molar-refractivity contribution in [3.05, 3.63) is 77.9 Å². The lowest BCUT2D eigenvalue weighted by Gasteiger charge is -2.07. The average Bonchev–Trinajstić information content (AvgIpc) is 3.08. The van der Waals surface area contributed by atoms with Crippen LogP contribution in [0, 0.1) is 23.3 Å². The first-order valence-electron chi connectivity index (χ1n) is 7.98. The molecule has 0 aliphatic rings. The second-order valence-electron chi connectivity index (χ2n) is 5.96. The maximum Gasteiger partial charge on any atom is 0.194 e. The molecule has 1 nitrogen and oxygen atoms in total. The molecular formula is C21H12F4OS. The number of methoxy groups -OCH3 is 1. The van der Waals surface area contributed by atoms with Crippen LogP contribution in [0.5, 0.6) is 5.75 Å². The number of ether oxygens (including phenoxy) is 1. The lowest BCUT2D eigenvalue weighted by Crippen LogP contribution is -1.93. The van der Waals surface area contributed by atoms with Crippen LogP contribution < -0.4 is 4.74 Å². The van der Waals surface area contributed by atoms with Crippen LogP contribution in [0.2, 0.25) is 0 Å². The van der Waals surface area contributed by atoms with Crippen LogP contribution in [-0.2, 0) is 0 Å². The standard InChI is InChI=1S/C21H12F4OS/c1-26-14-4-2-12-9-19(27-20(12)10-14)11-3-5-15(16(22)6-11)13-7-17(23)21(25)18(24)8-13/h2-10H,1H3. The summed E-state index contributed by atoms with van der Waals surface area (Å²) in [5.41, 5.74) is 0.579. The predicted octanol–water partition coefficient (Wildman–Crippen LogP) is 6.80. The first-order chi connectivity index (χ1) is 13.0. The van der Waals surface area contributed by atoms with Gasteiger partial charge >= 0.3 is 0 Å². The van der Waals surface area contributed by atoms with Gasteiger partial charge in [-0.25, -0.2) is 17.6 Å². The zero-order chi connectivity index (χ0) is 19.1.